The molecule has 0 bridgehead atoms. The highest BCUT2D eigenvalue weighted by Gasteiger charge is 2.20. The predicted octanol–water partition coefficient (Wildman–Crippen LogP) is 4.04. The van der Waals surface area contributed by atoms with E-state index in [1.54, 1.807) is 6.26 Å². The van der Waals surface area contributed by atoms with Crippen LogP contribution < -0.4 is 5.32 Å². The highest BCUT2D eigenvalue weighted by atomic mass is 79.9. The standard InChI is InChI=1S/C14H22BrNO2/c1-2-8-16-13(12-7-10-18-14(12)15)6-5-11-4-3-9-17-11/h7,10-11,13,16H,2-6,8-9H2,1H3. The van der Waals surface area contributed by atoms with Crippen molar-refractivity contribution in [2.75, 3.05) is 13.2 Å². The van der Waals surface area contributed by atoms with Gasteiger partial charge in [0.05, 0.1) is 12.4 Å². The van der Waals surface area contributed by atoms with Crippen LogP contribution in [0.1, 0.15) is 50.6 Å². The second-order valence-corrected chi connectivity index (χ2v) is 5.59. The van der Waals surface area contributed by atoms with Crippen molar-refractivity contribution in [3.05, 3.63) is 22.6 Å². The van der Waals surface area contributed by atoms with Gasteiger partial charge in [-0.3, -0.25) is 0 Å². The number of ether oxygens (including phenoxy) is 1. The zero-order valence-corrected chi connectivity index (χ0v) is 12.5. The molecule has 1 aromatic rings. The summed E-state index contributed by atoms with van der Waals surface area (Å²) in [6.07, 6.45) is 8.00. The Morgan fingerprint density at radius 2 is 2.44 bits per heavy atom. The van der Waals surface area contributed by atoms with Gasteiger partial charge in [0.2, 0.25) is 0 Å². The number of hydrogen-bond donors (Lipinski definition) is 1. The topological polar surface area (TPSA) is 34.4 Å². The molecule has 1 saturated heterocycles. The van der Waals surface area contributed by atoms with Crippen LogP contribution in [0.25, 0.3) is 0 Å². The molecule has 1 N–H and O–H groups in total. The van der Waals surface area contributed by atoms with Crippen LogP contribution in [0.5, 0.6) is 0 Å². The van der Waals surface area contributed by atoms with Crippen LogP contribution >= 0.6 is 15.9 Å². The molecule has 0 spiro atoms. The van der Waals surface area contributed by atoms with Gasteiger partial charge in [-0.25, -0.2) is 0 Å². The molecule has 0 aromatic carbocycles. The Kier molecular flexibility index (Phi) is 5.73. The second-order valence-electron chi connectivity index (χ2n) is 4.87. The molecular weight excluding hydrogens is 294 g/mol. The Labute approximate surface area is 117 Å². The Morgan fingerprint density at radius 3 is 3.06 bits per heavy atom. The summed E-state index contributed by atoms with van der Waals surface area (Å²) < 4.78 is 11.9. The molecule has 2 atom stereocenters. The maximum atomic E-state index is 5.69. The van der Waals surface area contributed by atoms with Gasteiger partial charge in [-0.1, -0.05) is 6.92 Å². The summed E-state index contributed by atoms with van der Waals surface area (Å²) >= 11 is 3.47. The molecule has 1 aromatic heterocycles. The SMILES string of the molecule is CCCNC(CCC1CCCO1)c1ccoc1Br. The van der Waals surface area contributed by atoms with Gasteiger partial charge in [0.1, 0.15) is 0 Å². The van der Waals surface area contributed by atoms with E-state index in [2.05, 4.69) is 28.2 Å². The van der Waals surface area contributed by atoms with E-state index in [0.29, 0.717) is 12.1 Å². The summed E-state index contributed by atoms with van der Waals surface area (Å²) in [5.74, 6) is 0. The maximum Gasteiger partial charge on any atom is 0.173 e. The van der Waals surface area contributed by atoms with E-state index >= 15 is 0 Å². The van der Waals surface area contributed by atoms with Crippen LogP contribution in [-0.2, 0) is 4.74 Å². The van der Waals surface area contributed by atoms with Crippen molar-refractivity contribution < 1.29 is 9.15 Å². The minimum absolute atomic E-state index is 0.363. The lowest BCUT2D eigenvalue weighted by Crippen LogP contribution is -2.23. The Balaban J connectivity index is 1.90. The van der Waals surface area contributed by atoms with Crippen molar-refractivity contribution in [2.24, 2.45) is 0 Å². The van der Waals surface area contributed by atoms with E-state index in [-0.39, 0.29) is 0 Å². The van der Waals surface area contributed by atoms with E-state index in [9.17, 15) is 0 Å². The van der Waals surface area contributed by atoms with Gasteiger partial charge in [0.15, 0.2) is 4.67 Å². The minimum atomic E-state index is 0.363. The van der Waals surface area contributed by atoms with Crippen LogP contribution in [0.2, 0.25) is 0 Å². The average Bonchev–Trinajstić information content (AvgIpc) is 3.01. The highest BCUT2D eigenvalue weighted by Crippen LogP contribution is 2.29. The van der Waals surface area contributed by atoms with Crippen molar-refractivity contribution in [3.63, 3.8) is 0 Å². The maximum absolute atomic E-state index is 5.69. The van der Waals surface area contributed by atoms with Crippen molar-refractivity contribution in [1.82, 2.24) is 5.32 Å². The molecule has 0 radical (unpaired) electrons. The van der Waals surface area contributed by atoms with Crippen LogP contribution in [0.4, 0.5) is 0 Å². The normalized spacial score (nSPS) is 21.3. The third kappa shape index (κ3) is 3.84. The average molecular weight is 316 g/mol. The van der Waals surface area contributed by atoms with Crippen molar-refractivity contribution in [1.29, 1.82) is 0 Å². The number of halogens is 1. The van der Waals surface area contributed by atoms with Gasteiger partial charge in [-0.15, -0.1) is 0 Å². The number of hydrogen-bond acceptors (Lipinski definition) is 3. The fourth-order valence-corrected chi connectivity index (χ4v) is 2.98. The molecule has 1 aliphatic heterocycles. The Morgan fingerprint density at radius 1 is 1.56 bits per heavy atom. The van der Waals surface area contributed by atoms with Gasteiger partial charge in [-0.05, 0) is 60.6 Å². The van der Waals surface area contributed by atoms with Gasteiger partial charge in [-0.2, -0.15) is 0 Å². The van der Waals surface area contributed by atoms with Gasteiger partial charge < -0.3 is 14.5 Å². The van der Waals surface area contributed by atoms with Gasteiger partial charge in [0, 0.05) is 18.2 Å². The molecule has 0 amide bonds. The van der Waals surface area contributed by atoms with Crippen LogP contribution in [0, 0.1) is 0 Å². The first kappa shape index (κ1) is 14.1. The number of rotatable bonds is 7. The molecule has 18 heavy (non-hydrogen) atoms. The monoisotopic (exact) mass is 315 g/mol. The molecular formula is C14H22BrNO2. The quantitative estimate of drug-likeness (QED) is 0.824. The fraction of sp³-hybridized carbons (Fsp3) is 0.714. The molecule has 0 aliphatic carbocycles. The lowest BCUT2D eigenvalue weighted by atomic mass is 10.0. The molecule has 1 fully saturated rings. The van der Waals surface area contributed by atoms with E-state index in [0.717, 1.165) is 37.1 Å². The van der Waals surface area contributed by atoms with E-state index < -0.39 is 0 Å². The molecule has 2 heterocycles. The van der Waals surface area contributed by atoms with E-state index in [4.69, 9.17) is 9.15 Å². The Bertz CT molecular complexity index is 347. The van der Waals surface area contributed by atoms with Crippen LogP contribution in [0.15, 0.2) is 21.4 Å². The number of nitrogens with one attached hydrogen (secondary N) is 1. The zero-order valence-electron chi connectivity index (χ0n) is 11.0. The first-order valence-electron chi connectivity index (χ1n) is 6.89. The summed E-state index contributed by atoms with van der Waals surface area (Å²) in [4.78, 5) is 0. The molecule has 4 heteroatoms. The third-order valence-electron chi connectivity index (χ3n) is 3.46. The van der Waals surface area contributed by atoms with E-state index in [1.165, 1.54) is 18.4 Å². The first-order chi connectivity index (χ1) is 8.81. The summed E-state index contributed by atoms with van der Waals surface area (Å²) in [7, 11) is 0. The summed E-state index contributed by atoms with van der Waals surface area (Å²) in [5, 5.41) is 3.59. The molecule has 1 aliphatic rings. The first-order valence-corrected chi connectivity index (χ1v) is 7.68. The summed E-state index contributed by atoms with van der Waals surface area (Å²) in [5.41, 5.74) is 1.22. The predicted molar refractivity (Wildman–Crippen MR) is 75.7 cm³/mol. The summed E-state index contributed by atoms with van der Waals surface area (Å²) in [6.45, 7) is 4.16. The number of furan rings is 1. The third-order valence-corrected chi connectivity index (χ3v) is 4.11. The highest BCUT2D eigenvalue weighted by molar-refractivity contribution is 9.10. The molecule has 3 nitrogen and oxygen atoms in total. The molecule has 102 valence electrons. The lowest BCUT2D eigenvalue weighted by Gasteiger charge is -2.19. The van der Waals surface area contributed by atoms with Crippen LogP contribution in [-0.4, -0.2) is 19.3 Å². The molecule has 2 rings (SSSR count). The van der Waals surface area contributed by atoms with Crippen molar-refractivity contribution in [3.8, 4) is 0 Å². The second kappa shape index (κ2) is 7.31. The molecule has 0 saturated carbocycles. The van der Waals surface area contributed by atoms with E-state index in [1.807, 2.05) is 6.07 Å². The zero-order chi connectivity index (χ0) is 12.8. The largest absolute Gasteiger partial charge is 0.457 e. The minimum Gasteiger partial charge on any atom is -0.457 e. The Hall–Kier alpha value is -0.320. The fourth-order valence-electron chi connectivity index (χ4n) is 2.46. The lowest BCUT2D eigenvalue weighted by molar-refractivity contribution is 0.0995. The summed E-state index contributed by atoms with van der Waals surface area (Å²) in [6, 6.07) is 2.41. The van der Waals surface area contributed by atoms with Gasteiger partial charge in [0.25, 0.3) is 0 Å². The van der Waals surface area contributed by atoms with Gasteiger partial charge >= 0.3 is 0 Å². The van der Waals surface area contributed by atoms with Crippen LogP contribution in [0.3, 0.4) is 0 Å². The smallest absolute Gasteiger partial charge is 0.173 e. The molecule has 2 unspecified atom stereocenters. The van der Waals surface area contributed by atoms with Crippen molar-refractivity contribution in [2.45, 2.75) is 51.2 Å². The van der Waals surface area contributed by atoms with Crippen molar-refractivity contribution >= 4 is 15.9 Å².